The van der Waals surface area contributed by atoms with Crippen molar-refractivity contribution in [3.63, 3.8) is 0 Å². The molecule has 20 heavy (non-hydrogen) atoms. The Morgan fingerprint density at radius 2 is 2.20 bits per heavy atom. The number of methoxy groups -OCH3 is 1. The van der Waals surface area contributed by atoms with Crippen molar-refractivity contribution >= 4 is 11.5 Å². The van der Waals surface area contributed by atoms with E-state index in [0.29, 0.717) is 18.1 Å². The first kappa shape index (κ1) is 13.7. The lowest BCUT2D eigenvalue weighted by molar-refractivity contribution is -0.384. The van der Waals surface area contributed by atoms with Crippen LogP contribution in [0.5, 0.6) is 5.88 Å². The van der Waals surface area contributed by atoms with Crippen molar-refractivity contribution in [3.05, 3.63) is 51.8 Å². The summed E-state index contributed by atoms with van der Waals surface area (Å²) in [7, 11) is 1.53. The first-order valence-corrected chi connectivity index (χ1v) is 5.95. The molecule has 7 heteroatoms. The van der Waals surface area contributed by atoms with Gasteiger partial charge in [-0.05, 0) is 24.6 Å². The Labute approximate surface area is 115 Å². The number of anilines is 1. The lowest BCUT2D eigenvalue weighted by Gasteiger charge is -2.07. The number of aromatic nitrogens is 2. The lowest BCUT2D eigenvalue weighted by Crippen LogP contribution is -2.05. The van der Waals surface area contributed by atoms with E-state index < -0.39 is 4.92 Å². The van der Waals surface area contributed by atoms with Crippen LogP contribution in [0.3, 0.4) is 0 Å². The van der Waals surface area contributed by atoms with Crippen LogP contribution in [0, 0.1) is 17.0 Å². The zero-order valence-electron chi connectivity index (χ0n) is 11.2. The maximum Gasteiger partial charge on any atom is 0.311 e. The maximum absolute atomic E-state index is 10.9. The Morgan fingerprint density at radius 1 is 1.40 bits per heavy atom. The van der Waals surface area contributed by atoms with E-state index in [1.54, 1.807) is 31.3 Å². The van der Waals surface area contributed by atoms with Gasteiger partial charge in [0.2, 0.25) is 11.7 Å². The zero-order valence-corrected chi connectivity index (χ0v) is 11.2. The molecule has 0 aliphatic rings. The largest absolute Gasteiger partial charge is 0.481 e. The average molecular weight is 274 g/mol. The Balaban J connectivity index is 2.17. The monoisotopic (exact) mass is 274 g/mol. The van der Waals surface area contributed by atoms with Gasteiger partial charge in [0.1, 0.15) is 0 Å². The van der Waals surface area contributed by atoms with E-state index in [9.17, 15) is 10.1 Å². The molecule has 2 aromatic rings. The average Bonchev–Trinajstić information content (AvgIpc) is 2.45. The van der Waals surface area contributed by atoms with E-state index in [4.69, 9.17) is 4.74 Å². The third-order valence-electron chi connectivity index (χ3n) is 2.68. The number of hydrogen-bond acceptors (Lipinski definition) is 6. The molecule has 2 heterocycles. The van der Waals surface area contributed by atoms with Gasteiger partial charge in [0.25, 0.3) is 0 Å². The number of pyridine rings is 2. The first-order chi connectivity index (χ1) is 9.60. The van der Waals surface area contributed by atoms with Gasteiger partial charge in [-0.1, -0.05) is 0 Å². The highest BCUT2D eigenvalue weighted by Crippen LogP contribution is 2.22. The molecule has 0 spiro atoms. The highest BCUT2D eigenvalue weighted by atomic mass is 16.6. The zero-order chi connectivity index (χ0) is 14.5. The molecule has 0 saturated carbocycles. The Kier molecular flexibility index (Phi) is 4.09. The van der Waals surface area contributed by atoms with Crippen LogP contribution in [0.15, 0.2) is 30.5 Å². The molecular formula is C13H14N4O3. The molecule has 0 amide bonds. The van der Waals surface area contributed by atoms with Gasteiger partial charge in [-0.15, -0.1) is 0 Å². The van der Waals surface area contributed by atoms with Gasteiger partial charge in [-0.2, -0.15) is 0 Å². The molecule has 104 valence electrons. The van der Waals surface area contributed by atoms with Crippen LogP contribution in [0.1, 0.15) is 11.3 Å². The minimum atomic E-state index is -0.456. The second-order valence-electron chi connectivity index (χ2n) is 4.14. The molecule has 7 nitrogen and oxygen atoms in total. The minimum absolute atomic E-state index is 0.0448. The molecule has 0 bridgehead atoms. The van der Waals surface area contributed by atoms with Gasteiger partial charge in [0.05, 0.1) is 12.0 Å². The van der Waals surface area contributed by atoms with Gasteiger partial charge in [-0.25, -0.2) is 9.97 Å². The van der Waals surface area contributed by atoms with E-state index in [2.05, 4.69) is 15.3 Å². The lowest BCUT2D eigenvalue weighted by atomic mass is 10.2. The van der Waals surface area contributed by atoms with Crippen LogP contribution in [-0.2, 0) is 6.54 Å². The van der Waals surface area contributed by atoms with Crippen molar-refractivity contribution in [2.75, 3.05) is 12.4 Å². The van der Waals surface area contributed by atoms with Crippen molar-refractivity contribution in [2.45, 2.75) is 13.5 Å². The minimum Gasteiger partial charge on any atom is -0.481 e. The summed E-state index contributed by atoms with van der Waals surface area (Å²) >= 11 is 0. The predicted molar refractivity (Wildman–Crippen MR) is 73.7 cm³/mol. The van der Waals surface area contributed by atoms with Crippen LogP contribution in [0.2, 0.25) is 0 Å². The van der Waals surface area contributed by atoms with E-state index in [0.717, 1.165) is 5.56 Å². The summed E-state index contributed by atoms with van der Waals surface area (Å²) in [5.41, 5.74) is 1.57. The normalized spacial score (nSPS) is 10.1. The van der Waals surface area contributed by atoms with Crippen molar-refractivity contribution in [1.29, 1.82) is 0 Å². The molecule has 2 rings (SSSR count). The van der Waals surface area contributed by atoms with Crippen molar-refractivity contribution < 1.29 is 9.66 Å². The Hall–Kier alpha value is -2.70. The fourth-order valence-electron chi connectivity index (χ4n) is 1.68. The molecule has 1 N–H and O–H groups in total. The maximum atomic E-state index is 10.9. The highest BCUT2D eigenvalue weighted by molar-refractivity contribution is 5.56. The second-order valence-corrected chi connectivity index (χ2v) is 4.14. The van der Waals surface area contributed by atoms with Gasteiger partial charge in [0, 0.05) is 30.6 Å². The second kappa shape index (κ2) is 5.96. The molecule has 0 unspecified atom stereocenters. The number of rotatable bonds is 5. The predicted octanol–water partition coefficient (Wildman–Crippen LogP) is 2.31. The number of hydrogen-bond donors (Lipinski definition) is 1. The molecular weight excluding hydrogens is 260 g/mol. The molecule has 2 aromatic heterocycles. The van der Waals surface area contributed by atoms with Gasteiger partial charge in [-0.3, -0.25) is 10.1 Å². The molecule has 0 aliphatic heterocycles. The number of aryl methyl sites for hydroxylation is 1. The number of ether oxygens (including phenoxy) is 1. The molecule has 0 aliphatic carbocycles. The molecule has 0 fully saturated rings. The van der Waals surface area contributed by atoms with Crippen LogP contribution >= 0.6 is 0 Å². The highest BCUT2D eigenvalue weighted by Gasteiger charge is 2.14. The van der Waals surface area contributed by atoms with E-state index in [-0.39, 0.29) is 11.5 Å². The smallest absolute Gasteiger partial charge is 0.311 e. The van der Waals surface area contributed by atoms with Gasteiger partial charge >= 0.3 is 5.69 Å². The number of nitrogens with zero attached hydrogens (tertiary/aromatic N) is 3. The summed E-state index contributed by atoms with van der Waals surface area (Å²) in [4.78, 5) is 18.6. The number of nitrogens with one attached hydrogen (secondary N) is 1. The fourth-order valence-corrected chi connectivity index (χ4v) is 1.68. The summed E-state index contributed by atoms with van der Waals surface area (Å²) in [6.07, 6.45) is 1.62. The van der Waals surface area contributed by atoms with Crippen molar-refractivity contribution in [2.24, 2.45) is 0 Å². The summed E-state index contributed by atoms with van der Waals surface area (Å²) in [5.74, 6) is 0.752. The first-order valence-electron chi connectivity index (χ1n) is 5.95. The SMILES string of the molecule is COc1cc(CNc2nc(C)ccc2[N+](=O)[O-])ccn1. The fraction of sp³-hybridized carbons (Fsp3) is 0.231. The van der Waals surface area contributed by atoms with Gasteiger partial charge < -0.3 is 10.1 Å². The standard InChI is InChI=1S/C13H14N4O3/c1-9-3-4-11(17(18)19)13(16-9)15-8-10-5-6-14-12(7-10)20-2/h3-7H,8H2,1-2H3,(H,15,16). The summed E-state index contributed by atoms with van der Waals surface area (Å²) < 4.78 is 5.03. The van der Waals surface area contributed by atoms with E-state index in [1.165, 1.54) is 13.2 Å². The summed E-state index contributed by atoms with van der Waals surface area (Å²) in [6.45, 7) is 2.18. The Bertz CT molecular complexity index is 631. The topological polar surface area (TPSA) is 90.2 Å². The van der Waals surface area contributed by atoms with Crippen LogP contribution in [0.25, 0.3) is 0 Å². The quantitative estimate of drug-likeness (QED) is 0.664. The third-order valence-corrected chi connectivity index (χ3v) is 2.68. The van der Waals surface area contributed by atoms with Crippen LogP contribution in [0.4, 0.5) is 11.5 Å². The molecule has 0 atom stereocenters. The van der Waals surface area contributed by atoms with Gasteiger partial charge in [0.15, 0.2) is 0 Å². The summed E-state index contributed by atoms with van der Waals surface area (Å²) in [6, 6.07) is 6.61. The molecule has 0 radical (unpaired) electrons. The van der Waals surface area contributed by atoms with Crippen molar-refractivity contribution in [1.82, 2.24) is 9.97 Å². The van der Waals surface area contributed by atoms with Crippen molar-refractivity contribution in [3.8, 4) is 5.88 Å². The van der Waals surface area contributed by atoms with Crippen LogP contribution < -0.4 is 10.1 Å². The molecule has 0 aromatic carbocycles. The number of nitro groups is 1. The summed E-state index contributed by atoms with van der Waals surface area (Å²) in [5, 5.41) is 13.9. The molecule has 0 saturated heterocycles. The van der Waals surface area contributed by atoms with Crippen LogP contribution in [-0.4, -0.2) is 22.0 Å². The van der Waals surface area contributed by atoms with E-state index in [1.807, 2.05) is 0 Å². The van der Waals surface area contributed by atoms with E-state index >= 15 is 0 Å². The third kappa shape index (κ3) is 3.19. The Morgan fingerprint density at radius 3 is 2.90 bits per heavy atom.